The molecule has 2 aromatic rings. The summed E-state index contributed by atoms with van der Waals surface area (Å²) < 4.78 is 5.30. The van der Waals surface area contributed by atoms with Gasteiger partial charge >= 0.3 is 0 Å². The summed E-state index contributed by atoms with van der Waals surface area (Å²) in [5.74, 6) is -0.369. The van der Waals surface area contributed by atoms with Crippen molar-refractivity contribution in [2.24, 2.45) is 0 Å². The van der Waals surface area contributed by atoms with E-state index < -0.39 is 23.7 Å². The fourth-order valence-electron chi connectivity index (χ4n) is 5.86. The fraction of sp³-hybridized carbons (Fsp3) is 0.464. The predicted octanol–water partition coefficient (Wildman–Crippen LogP) is 3.18. The van der Waals surface area contributed by atoms with Crippen molar-refractivity contribution in [3.8, 4) is 0 Å². The Balaban J connectivity index is 1.40. The van der Waals surface area contributed by atoms with Crippen LogP contribution in [0.3, 0.4) is 0 Å². The van der Waals surface area contributed by atoms with Gasteiger partial charge in [-0.3, -0.25) is 19.9 Å². The molecule has 3 unspecified atom stereocenters. The number of nitrogens with zero attached hydrogens (tertiary/aromatic N) is 1. The van der Waals surface area contributed by atoms with E-state index in [0.29, 0.717) is 18.6 Å². The van der Waals surface area contributed by atoms with Crippen molar-refractivity contribution in [3.63, 3.8) is 0 Å². The van der Waals surface area contributed by atoms with Gasteiger partial charge in [-0.05, 0) is 61.9 Å². The molecule has 1 aliphatic heterocycles. The number of hydrogen-bond donors (Lipinski definition) is 4. The molecule has 1 saturated heterocycles. The van der Waals surface area contributed by atoms with Crippen LogP contribution in [0, 0.1) is 5.41 Å². The van der Waals surface area contributed by atoms with Gasteiger partial charge in [0, 0.05) is 36.7 Å². The fourth-order valence-corrected chi connectivity index (χ4v) is 5.86. The maximum Gasteiger partial charge on any atom is 0.251 e. The number of aliphatic hydroxyl groups excluding tert-OH is 1. The van der Waals surface area contributed by atoms with Crippen LogP contribution >= 0.6 is 0 Å². The average molecular weight is 491 g/mol. The van der Waals surface area contributed by atoms with Crippen molar-refractivity contribution in [1.82, 2.24) is 15.5 Å². The Morgan fingerprint density at radius 2 is 2.00 bits per heavy atom. The molecular formula is C28H34N4O4. The molecule has 3 atom stereocenters. The van der Waals surface area contributed by atoms with E-state index in [9.17, 15) is 14.7 Å². The first-order chi connectivity index (χ1) is 17.2. The Kier molecular flexibility index (Phi) is 6.12. The molecule has 8 heteroatoms. The Morgan fingerprint density at radius 1 is 1.25 bits per heavy atom. The van der Waals surface area contributed by atoms with Gasteiger partial charge in [-0.1, -0.05) is 36.4 Å². The minimum absolute atomic E-state index is 0.0487. The lowest BCUT2D eigenvalue weighted by atomic mass is 9.93. The van der Waals surface area contributed by atoms with Crippen molar-refractivity contribution < 1.29 is 19.4 Å². The molecular weight excluding hydrogens is 456 g/mol. The van der Waals surface area contributed by atoms with Gasteiger partial charge in [-0.15, -0.1) is 0 Å². The van der Waals surface area contributed by atoms with E-state index in [-0.39, 0.29) is 29.6 Å². The molecule has 1 saturated carbocycles. The number of carbonyl (C=O) groups excluding carboxylic acids is 2. The predicted molar refractivity (Wildman–Crippen MR) is 136 cm³/mol. The first-order valence-electron chi connectivity index (χ1n) is 12.5. The summed E-state index contributed by atoms with van der Waals surface area (Å²) in [5, 5.41) is 25.8. The zero-order chi connectivity index (χ0) is 25.7. The molecule has 2 aliphatic carbocycles. The van der Waals surface area contributed by atoms with E-state index in [1.807, 2.05) is 38.1 Å². The molecule has 2 fully saturated rings. The number of carbonyl (C=O) groups is 2. The van der Waals surface area contributed by atoms with Crippen molar-refractivity contribution in [3.05, 3.63) is 70.8 Å². The van der Waals surface area contributed by atoms with E-state index in [2.05, 4.69) is 16.7 Å². The number of hydrogen-bond acceptors (Lipinski definition) is 5. The molecule has 3 aliphatic rings. The Morgan fingerprint density at radius 3 is 2.69 bits per heavy atom. The van der Waals surface area contributed by atoms with Gasteiger partial charge in [0.2, 0.25) is 5.91 Å². The third kappa shape index (κ3) is 4.18. The molecule has 190 valence electrons. The summed E-state index contributed by atoms with van der Waals surface area (Å²) in [6.07, 6.45) is 1.94. The van der Waals surface area contributed by atoms with Crippen LogP contribution in [0.2, 0.25) is 0 Å². The molecule has 0 radical (unpaired) electrons. The van der Waals surface area contributed by atoms with Crippen LogP contribution in [-0.4, -0.2) is 53.1 Å². The Hall–Kier alpha value is -3.23. The molecule has 2 aromatic carbocycles. The van der Waals surface area contributed by atoms with Crippen molar-refractivity contribution in [2.75, 3.05) is 13.7 Å². The monoisotopic (exact) mass is 490 g/mol. The van der Waals surface area contributed by atoms with E-state index in [1.54, 1.807) is 25.3 Å². The second-order valence-electron chi connectivity index (χ2n) is 10.9. The van der Waals surface area contributed by atoms with Crippen LogP contribution in [0.25, 0.3) is 0 Å². The van der Waals surface area contributed by atoms with Crippen LogP contribution in [-0.2, 0) is 14.9 Å². The Bertz CT molecular complexity index is 1190. The third-order valence-electron chi connectivity index (χ3n) is 7.79. The van der Waals surface area contributed by atoms with Crippen molar-refractivity contribution >= 4 is 17.8 Å². The van der Waals surface area contributed by atoms with Gasteiger partial charge in [0.05, 0.1) is 18.2 Å². The molecule has 0 bridgehead atoms. The second kappa shape index (κ2) is 9.01. The van der Waals surface area contributed by atoms with Gasteiger partial charge < -0.3 is 20.5 Å². The molecule has 4 N–H and O–H groups in total. The maximum absolute atomic E-state index is 13.4. The van der Waals surface area contributed by atoms with Gasteiger partial charge in [0.1, 0.15) is 0 Å². The van der Waals surface area contributed by atoms with E-state index in [4.69, 9.17) is 10.1 Å². The van der Waals surface area contributed by atoms with E-state index in [1.165, 1.54) is 4.90 Å². The summed E-state index contributed by atoms with van der Waals surface area (Å²) in [7, 11) is 1.60. The highest BCUT2D eigenvalue weighted by Gasteiger charge is 2.59. The molecule has 1 heterocycles. The molecule has 8 nitrogen and oxygen atoms in total. The first kappa shape index (κ1) is 24.5. The summed E-state index contributed by atoms with van der Waals surface area (Å²) in [4.78, 5) is 27.9. The van der Waals surface area contributed by atoms with E-state index >= 15 is 0 Å². The van der Waals surface area contributed by atoms with Gasteiger partial charge in [0.25, 0.3) is 5.91 Å². The summed E-state index contributed by atoms with van der Waals surface area (Å²) in [6.45, 7) is 4.19. The lowest BCUT2D eigenvalue weighted by Gasteiger charge is -2.42. The Labute approximate surface area is 211 Å². The number of aliphatic hydroxyl groups is 1. The average Bonchev–Trinajstić information content (AvgIpc) is 3.61. The van der Waals surface area contributed by atoms with Crippen LogP contribution in [0.5, 0.6) is 0 Å². The number of methoxy groups -OCH3 is 1. The highest BCUT2D eigenvalue weighted by atomic mass is 16.5. The lowest BCUT2D eigenvalue weighted by molar-refractivity contribution is -0.132. The van der Waals surface area contributed by atoms with Gasteiger partial charge in [0.15, 0.2) is 5.96 Å². The van der Waals surface area contributed by atoms with Crippen molar-refractivity contribution in [2.45, 2.75) is 68.7 Å². The third-order valence-corrected chi connectivity index (χ3v) is 7.79. The zero-order valence-corrected chi connectivity index (χ0v) is 21.0. The topological polar surface area (TPSA) is 115 Å². The number of benzene rings is 2. The van der Waals surface area contributed by atoms with Crippen LogP contribution in [0.4, 0.5) is 0 Å². The lowest BCUT2D eigenvalue weighted by Crippen LogP contribution is -2.60. The SMILES string of the molecule is COCCC(c1cccc(C(=O)NC2c3ccccc3C3(CC3)C2O)c1)N1C(=N)NC(C)(C)CC1=O. The van der Waals surface area contributed by atoms with Crippen LogP contribution < -0.4 is 10.6 Å². The molecule has 36 heavy (non-hydrogen) atoms. The first-order valence-corrected chi connectivity index (χ1v) is 12.5. The van der Waals surface area contributed by atoms with Gasteiger partial charge in [-0.2, -0.15) is 0 Å². The maximum atomic E-state index is 13.4. The highest BCUT2D eigenvalue weighted by molar-refractivity contribution is 5.99. The largest absolute Gasteiger partial charge is 0.390 e. The normalized spacial score (nSPS) is 24.3. The quantitative estimate of drug-likeness (QED) is 0.476. The number of amides is 2. The summed E-state index contributed by atoms with van der Waals surface area (Å²) in [5.41, 5.74) is 2.58. The number of guanidine groups is 1. The standard InChI is InChI=1S/C28H34N4O4/c1-27(2)16-22(33)32(26(29)31-27)21(11-14-36-3)17-7-6-8-18(15-17)25(35)30-23-19-9-4-5-10-20(19)28(12-13-28)24(23)34/h4-10,15,21,23-24,34H,11-14,16H2,1-3H3,(H2,29,31)(H,30,35). The number of nitrogens with one attached hydrogen (secondary N) is 3. The van der Waals surface area contributed by atoms with Crippen molar-refractivity contribution in [1.29, 1.82) is 5.41 Å². The number of rotatable bonds is 7. The highest BCUT2D eigenvalue weighted by Crippen LogP contribution is 2.59. The second-order valence-corrected chi connectivity index (χ2v) is 10.9. The minimum atomic E-state index is -0.655. The smallest absolute Gasteiger partial charge is 0.251 e. The van der Waals surface area contributed by atoms with Crippen LogP contribution in [0.1, 0.15) is 78.7 Å². The summed E-state index contributed by atoms with van der Waals surface area (Å²) in [6, 6.07) is 14.2. The number of fused-ring (bicyclic) bond motifs is 2. The number of ether oxygens (including phenoxy) is 1. The van der Waals surface area contributed by atoms with E-state index in [0.717, 1.165) is 29.5 Å². The molecule has 2 amide bonds. The molecule has 1 spiro atoms. The zero-order valence-electron chi connectivity index (χ0n) is 21.0. The summed E-state index contributed by atoms with van der Waals surface area (Å²) >= 11 is 0. The van der Waals surface area contributed by atoms with Crippen LogP contribution in [0.15, 0.2) is 48.5 Å². The molecule has 5 rings (SSSR count). The van der Waals surface area contributed by atoms with Gasteiger partial charge in [-0.25, -0.2) is 0 Å². The molecule has 0 aromatic heterocycles. The minimum Gasteiger partial charge on any atom is -0.390 e.